The zero-order valence-electron chi connectivity index (χ0n) is 7.58. The fourth-order valence-corrected chi connectivity index (χ4v) is 1.51. The Morgan fingerprint density at radius 3 is 3.00 bits per heavy atom. The van der Waals surface area contributed by atoms with Crippen LogP contribution in [-0.2, 0) is 9.53 Å². The molecule has 0 amide bonds. The predicted octanol–water partition coefficient (Wildman–Crippen LogP) is 2.30. The number of hydrogen-bond donors (Lipinski definition) is 0. The highest BCUT2D eigenvalue weighted by atomic mass is 16.5. The van der Waals surface area contributed by atoms with E-state index in [1.165, 1.54) is 20.0 Å². The first-order chi connectivity index (χ1) is 5.84. The Morgan fingerprint density at radius 2 is 2.25 bits per heavy atom. The summed E-state index contributed by atoms with van der Waals surface area (Å²) in [5, 5.41) is 0. The lowest BCUT2D eigenvalue weighted by molar-refractivity contribution is -0.144. The van der Waals surface area contributed by atoms with E-state index < -0.39 is 0 Å². The molecule has 0 aromatic rings. The maximum atomic E-state index is 11.2. The molecule has 0 saturated heterocycles. The summed E-state index contributed by atoms with van der Waals surface area (Å²) in [6.07, 6.45) is 9.77. The number of rotatable bonds is 1. The van der Waals surface area contributed by atoms with Gasteiger partial charge >= 0.3 is 5.97 Å². The van der Waals surface area contributed by atoms with Gasteiger partial charge in [0.05, 0.1) is 13.0 Å². The molecule has 1 unspecified atom stereocenters. The quantitative estimate of drug-likeness (QED) is 0.443. The molecule has 0 heterocycles. The van der Waals surface area contributed by atoms with Crippen molar-refractivity contribution in [3.8, 4) is 0 Å². The Balaban J connectivity index is 2.48. The van der Waals surface area contributed by atoms with Gasteiger partial charge in [-0.3, -0.25) is 4.79 Å². The minimum atomic E-state index is -0.0897. The largest absolute Gasteiger partial charge is 0.469 e. The van der Waals surface area contributed by atoms with Gasteiger partial charge in [-0.2, -0.15) is 0 Å². The fourth-order valence-electron chi connectivity index (χ4n) is 1.51. The van der Waals surface area contributed by atoms with E-state index in [0.717, 1.165) is 19.3 Å². The molecule has 0 aliphatic heterocycles. The van der Waals surface area contributed by atoms with Crippen LogP contribution in [0, 0.1) is 5.92 Å². The molecule has 0 aromatic carbocycles. The second-order valence-electron chi connectivity index (χ2n) is 3.20. The summed E-state index contributed by atoms with van der Waals surface area (Å²) in [5.74, 6) is -0.0801. The molecule has 12 heavy (non-hydrogen) atoms. The molecule has 0 saturated carbocycles. The third kappa shape index (κ3) is 2.68. The van der Waals surface area contributed by atoms with E-state index in [2.05, 4.69) is 6.08 Å². The number of carbonyl (C=O) groups is 1. The maximum Gasteiger partial charge on any atom is 0.312 e. The normalized spacial score (nSPS) is 24.2. The zero-order chi connectivity index (χ0) is 8.81. The first-order valence-electron chi connectivity index (χ1n) is 4.59. The molecule has 0 bridgehead atoms. The van der Waals surface area contributed by atoms with Gasteiger partial charge < -0.3 is 4.74 Å². The minimum absolute atomic E-state index is 0.00954. The van der Waals surface area contributed by atoms with Crippen LogP contribution in [0.2, 0.25) is 0 Å². The van der Waals surface area contributed by atoms with Crippen molar-refractivity contribution in [3.63, 3.8) is 0 Å². The molecule has 1 atom stereocenters. The number of hydrogen-bond acceptors (Lipinski definition) is 2. The highest BCUT2D eigenvalue weighted by Crippen LogP contribution is 2.17. The van der Waals surface area contributed by atoms with Gasteiger partial charge in [0, 0.05) is 0 Å². The van der Waals surface area contributed by atoms with E-state index in [9.17, 15) is 4.79 Å². The fraction of sp³-hybridized carbons (Fsp3) is 0.700. The van der Waals surface area contributed by atoms with Crippen LogP contribution < -0.4 is 0 Å². The number of esters is 1. The molecular formula is C10H16O2. The Labute approximate surface area is 73.6 Å². The summed E-state index contributed by atoms with van der Waals surface area (Å²) < 4.78 is 4.70. The van der Waals surface area contributed by atoms with Crippen molar-refractivity contribution < 1.29 is 9.53 Å². The summed E-state index contributed by atoms with van der Waals surface area (Å²) >= 11 is 0. The number of carbonyl (C=O) groups excluding carboxylic acids is 1. The Bertz CT molecular complexity index is 173. The van der Waals surface area contributed by atoms with Gasteiger partial charge in [0.25, 0.3) is 0 Å². The molecule has 0 aromatic heterocycles. The van der Waals surface area contributed by atoms with Crippen molar-refractivity contribution in [2.45, 2.75) is 32.1 Å². The molecule has 68 valence electrons. The first kappa shape index (κ1) is 9.30. The van der Waals surface area contributed by atoms with Gasteiger partial charge in [-0.25, -0.2) is 0 Å². The standard InChI is InChI=1S/C10H16O2/c1-12-10(11)9-7-5-3-2-4-6-8-9/h5,7,9H,2-4,6,8H2,1H3. The molecule has 0 radical (unpaired) electrons. The number of ether oxygens (including phenoxy) is 1. The average molecular weight is 168 g/mol. The average Bonchev–Trinajstić information content (AvgIpc) is 2.02. The SMILES string of the molecule is COC(=O)C1C=CCCCCC1. The monoisotopic (exact) mass is 168 g/mol. The highest BCUT2D eigenvalue weighted by molar-refractivity contribution is 5.74. The van der Waals surface area contributed by atoms with Crippen LogP contribution in [0.1, 0.15) is 32.1 Å². The van der Waals surface area contributed by atoms with Crippen LogP contribution in [0.25, 0.3) is 0 Å². The second kappa shape index (κ2) is 4.96. The lowest BCUT2D eigenvalue weighted by Crippen LogP contribution is -2.14. The van der Waals surface area contributed by atoms with Crippen LogP contribution in [0.5, 0.6) is 0 Å². The first-order valence-corrected chi connectivity index (χ1v) is 4.59. The second-order valence-corrected chi connectivity index (χ2v) is 3.20. The smallest absolute Gasteiger partial charge is 0.312 e. The van der Waals surface area contributed by atoms with Crippen molar-refractivity contribution >= 4 is 5.97 Å². The van der Waals surface area contributed by atoms with E-state index in [0.29, 0.717) is 0 Å². The molecular weight excluding hydrogens is 152 g/mol. The summed E-state index contributed by atoms with van der Waals surface area (Å²) in [6, 6.07) is 0. The van der Waals surface area contributed by atoms with Gasteiger partial charge in [0.1, 0.15) is 0 Å². The molecule has 0 fully saturated rings. The van der Waals surface area contributed by atoms with Gasteiger partial charge in [-0.05, 0) is 19.3 Å². The van der Waals surface area contributed by atoms with E-state index in [4.69, 9.17) is 4.74 Å². The van der Waals surface area contributed by atoms with Gasteiger partial charge in [0.2, 0.25) is 0 Å². The van der Waals surface area contributed by atoms with E-state index >= 15 is 0 Å². The summed E-state index contributed by atoms with van der Waals surface area (Å²) in [4.78, 5) is 11.2. The Morgan fingerprint density at radius 1 is 1.42 bits per heavy atom. The lowest BCUT2D eigenvalue weighted by Gasteiger charge is -2.12. The minimum Gasteiger partial charge on any atom is -0.469 e. The molecule has 1 aliphatic carbocycles. The van der Waals surface area contributed by atoms with E-state index in [-0.39, 0.29) is 11.9 Å². The maximum absolute atomic E-state index is 11.2. The van der Waals surface area contributed by atoms with Crippen LogP contribution in [0.3, 0.4) is 0 Å². The summed E-state index contributed by atoms with van der Waals surface area (Å²) in [7, 11) is 1.45. The molecule has 2 heteroatoms. The lowest BCUT2D eigenvalue weighted by atomic mass is 9.97. The van der Waals surface area contributed by atoms with Crippen molar-refractivity contribution in [2.24, 2.45) is 5.92 Å². The van der Waals surface area contributed by atoms with Gasteiger partial charge in [-0.1, -0.05) is 25.0 Å². The van der Waals surface area contributed by atoms with Crippen LogP contribution >= 0.6 is 0 Å². The van der Waals surface area contributed by atoms with Crippen molar-refractivity contribution in [1.29, 1.82) is 0 Å². The molecule has 1 rings (SSSR count). The van der Waals surface area contributed by atoms with E-state index in [1.807, 2.05) is 6.08 Å². The highest BCUT2D eigenvalue weighted by Gasteiger charge is 2.15. The predicted molar refractivity (Wildman–Crippen MR) is 47.7 cm³/mol. The summed E-state index contributed by atoms with van der Waals surface area (Å²) in [6.45, 7) is 0. The summed E-state index contributed by atoms with van der Waals surface area (Å²) in [5.41, 5.74) is 0. The number of allylic oxidation sites excluding steroid dienone is 1. The topological polar surface area (TPSA) is 26.3 Å². The Kier molecular flexibility index (Phi) is 3.85. The zero-order valence-corrected chi connectivity index (χ0v) is 7.58. The van der Waals surface area contributed by atoms with Crippen molar-refractivity contribution in [2.75, 3.05) is 7.11 Å². The van der Waals surface area contributed by atoms with Crippen molar-refractivity contribution in [3.05, 3.63) is 12.2 Å². The molecule has 1 aliphatic rings. The third-order valence-electron chi connectivity index (χ3n) is 2.26. The van der Waals surface area contributed by atoms with Gasteiger partial charge in [0.15, 0.2) is 0 Å². The van der Waals surface area contributed by atoms with Crippen LogP contribution in [0.15, 0.2) is 12.2 Å². The molecule has 2 nitrogen and oxygen atoms in total. The van der Waals surface area contributed by atoms with Crippen LogP contribution in [-0.4, -0.2) is 13.1 Å². The molecule has 0 N–H and O–H groups in total. The Hall–Kier alpha value is -0.790. The van der Waals surface area contributed by atoms with Crippen LogP contribution in [0.4, 0.5) is 0 Å². The van der Waals surface area contributed by atoms with Gasteiger partial charge in [-0.15, -0.1) is 0 Å². The third-order valence-corrected chi connectivity index (χ3v) is 2.26. The van der Waals surface area contributed by atoms with Crippen molar-refractivity contribution in [1.82, 2.24) is 0 Å². The number of methoxy groups -OCH3 is 1. The molecule has 0 spiro atoms. The van der Waals surface area contributed by atoms with E-state index in [1.54, 1.807) is 0 Å².